The van der Waals surface area contributed by atoms with Gasteiger partial charge in [-0.3, -0.25) is 9.48 Å². The third-order valence-corrected chi connectivity index (χ3v) is 3.22. The lowest BCUT2D eigenvalue weighted by molar-refractivity contribution is 0.0948. The summed E-state index contributed by atoms with van der Waals surface area (Å²) in [6.45, 7) is 3.03. The molecular weight excluding hydrogens is 262 g/mol. The zero-order valence-corrected chi connectivity index (χ0v) is 12.0. The van der Waals surface area contributed by atoms with Gasteiger partial charge in [0.2, 0.25) is 0 Å². The second kappa shape index (κ2) is 6.01. The van der Waals surface area contributed by atoms with E-state index in [4.69, 9.17) is 12.2 Å². The van der Waals surface area contributed by atoms with E-state index in [2.05, 4.69) is 21.0 Å². The van der Waals surface area contributed by atoms with Gasteiger partial charge in [0.05, 0.1) is 0 Å². The van der Waals surface area contributed by atoms with E-state index in [0.717, 1.165) is 5.69 Å². The number of hydrogen-bond acceptors (Lipinski definition) is 3. The number of aromatic nitrogens is 2. The first-order valence-corrected chi connectivity index (χ1v) is 6.80. The number of carbonyl (C=O) groups is 1. The highest BCUT2D eigenvalue weighted by atomic mass is 32.1. The summed E-state index contributed by atoms with van der Waals surface area (Å²) < 4.78 is 1.68. The van der Waals surface area contributed by atoms with Gasteiger partial charge < -0.3 is 16.0 Å². The van der Waals surface area contributed by atoms with E-state index in [0.29, 0.717) is 29.9 Å². The van der Waals surface area contributed by atoms with Crippen LogP contribution in [0.4, 0.5) is 0 Å². The standard InChI is InChI=1S/C12H19N5OS/c1-8-7-10(16-17(8)2)11(18)13-5-6-14-12(19)15-9-3-4-9/h7,9H,3-6H2,1-2H3,(H,13,18)(H2,14,15,19). The van der Waals surface area contributed by atoms with E-state index in [1.807, 2.05) is 14.0 Å². The molecule has 19 heavy (non-hydrogen) atoms. The highest BCUT2D eigenvalue weighted by Crippen LogP contribution is 2.18. The molecule has 0 aromatic carbocycles. The molecule has 1 aliphatic rings. The van der Waals surface area contributed by atoms with Crippen LogP contribution < -0.4 is 16.0 Å². The van der Waals surface area contributed by atoms with Crippen LogP contribution in [0.2, 0.25) is 0 Å². The number of nitrogens with one attached hydrogen (secondary N) is 3. The molecule has 0 bridgehead atoms. The zero-order chi connectivity index (χ0) is 13.8. The maximum atomic E-state index is 11.8. The molecule has 2 rings (SSSR count). The first-order valence-electron chi connectivity index (χ1n) is 6.39. The molecule has 0 saturated heterocycles. The molecule has 7 heteroatoms. The summed E-state index contributed by atoms with van der Waals surface area (Å²) in [7, 11) is 1.82. The Morgan fingerprint density at radius 3 is 2.74 bits per heavy atom. The lowest BCUT2D eigenvalue weighted by Crippen LogP contribution is -2.40. The van der Waals surface area contributed by atoms with Crippen molar-refractivity contribution in [2.45, 2.75) is 25.8 Å². The Morgan fingerprint density at radius 2 is 2.16 bits per heavy atom. The van der Waals surface area contributed by atoms with Crippen LogP contribution in [0, 0.1) is 6.92 Å². The Hall–Kier alpha value is -1.63. The van der Waals surface area contributed by atoms with Crippen LogP contribution >= 0.6 is 12.2 Å². The summed E-state index contributed by atoms with van der Waals surface area (Å²) in [5, 5.41) is 13.8. The van der Waals surface area contributed by atoms with Gasteiger partial charge in [-0.25, -0.2) is 0 Å². The van der Waals surface area contributed by atoms with Crippen molar-refractivity contribution in [1.82, 2.24) is 25.7 Å². The van der Waals surface area contributed by atoms with Crippen molar-refractivity contribution in [2.75, 3.05) is 13.1 Å². The molecule has 1 aromatic heterocycles. The summed E-state index contributed by atoms with van der Waals surface area (Å²) in [6.07, 6.45) is 2.38. The van der Waals surface area contributed by atoms with E-state index in [-0.39, 0.29) is 5.91 Å². The molecule has 3 N–H and O–H groups in total. The number of hydrogen-bond donors (Lipinski definition) is 3. The van der Waals surface area contributed by atoms with E-state index in [1.54, 1.807) is 10.7 Å². The minimum atomic E-state index is -0.161. The first kappa shape index (κ1) is 13.8. The smallest absolute Gasteiger partial charge is 0.271 e. The quantitative estimate of drug-likeness (QED) is 0.527. The van der Waals surface area contributed by atoms with Crippen LogP contribution in [0.3, 0.4) is 0 Å². The van der Waals surface area contributed by atoms with Crippen molar-refractivity contribution in [3.05, 3.63) is 17.5 Å². The van der Waals surface area contributed by atoms with Gasteiger partial charge in [-0.1, -0.05) is 0 Å². The van der Waals surface area contributed by atoms with Crippen LogP contribution in [-0.2, 0) is 7.05 Å². The summed E-state index contributed by atoms with van der Waals surface area (Å²) in [5.41, 5.74) is 1.40. The highest BCUT2D eigenvalue weighted by molar-refractivity contribution is 7.80. The largest absolute Gasteiger partial charge is 0.361 e. The topological polar surface area (TPSA) is 71.0 Å². The maximum Gasteiger partial charge on any atom is 0.271 e. The fraction of sp³-hybridized carbons (Fsp3) is 0.583. The predicted octanol–water partition coefficient (Wildman–Crippen LogP) is 0.0848. The Kier molecular flexibility index (Phi) is 4.36. The molecule has 104 valence electrons. The van der Waals surface area contributed by atoms with Gasteiger partial charge in [0.25, 0.3) is 5.91 Å². The van der Waals surface area contributed by atoms with E-state index in [1.165, 1.54) is 12.8 Å². The molecule has 0 spiro atoms. The van der Waals surface area contributed by atoms with Gasteiger partial charge in [-0.05, 0) is 38.0 Å². The third kappa shape index (κ3) is 4.20. The summed E-state index contributed by atoms with van der Waals surface area (Å²) in [4.78, 5) is 11.8. The Bertz CT molecular complexity index is 461. The van der Waals surface area contributed by atoms with Crippen molar-refractivity contribution in [3.8, 4) is 0 Å². The van der Waals surface area contributed by atoms with Crippen LogP contribution in [-0.4, -0.2) is 39.9 Å². The molecule has 1 saturated carbocycles. The molecule has 1 heterocycles. The predicted molar refractivity (Wildman–Crippen MR) is 77.0 cm³/mol. The van der Waals surface area contributed by atoms with Gasteiger partial charge in [-0.2, -0.15) is 5.10 Å². The third-order valence-electron chi connectivity index (χ3n) is 2.96. The summed E-state index contributed by atoms with van der Waals surface area (Å²) >= 11 is 5.11. The number of carbonyl (C=O) groups excluding carboxylic acids is 1. The molecule has 0 unspecified atom stereocenters. The van der Waals surface area contributed by atoms with Crippen LogP contribution in [0.25, 0.3) is 0 Å². The lowest BCUT2D eigenvalue weighted by atomic mass is 10.3. The summed E-state index contributed by atoms with van der Waals surface area (Å²) in [5.74, 6) is -0.161. The molecule has 1 aliphatic carbocycles. The average Bonchev–Trinajstić information content (AvgIpc) is 3.10. The first-order chi connectivity index (χ1) is 9.06. The fourth-order valence-electron chi connectivity index (χ4n) is 1.58. The maximum absolute atomic E-state index is 11.8. The van der Waals surface area contributed by atoms with E-state index < -0.39 is 0 Å². The van der Waals surface area contributed by atoms with Crippen molar-refractivity contribution in [2.24, 2.45) is 7.05 Å². The number of nitrogens with zero attached hydrogens (tertiary/aromatic N) is 2. The molecule has 1 amide bonds. The fourth-order valence-corrected chi connectivity index (χ4v) is 1.85. The van der Waals surface area contributed by atoms with Crippen molar-refractivity contribution in [1.29, 1.82) is 0 Å². The lowest BCUT2D eigenvalue weighted by Gasteiger charge is -2.09. The minimum absolute atomic E-state index is 0.161. The molecule has 0 radical (unpaired) electrons. The second-order valence-corrected chi connectivity index (χ2v) is 5.13. The van der Waals surface area contributed by atoms with E-state index in [9.17, 15) is 4.79 Å². The normalized spacial score (nSPS) is 14.0. The molecule has 0 atom stereocenters. The van der Waals surface area contributed by atoms with Gasteiger partial charge in [-0.15, -0.1) is 0 Å². The number of aryl methyl sites for hydroxylation is 2. The molecule has 0 aliphatic heterocycles. The van der Waals surface area contributed by atoms with Crippen molar-refractivity contribution >= 4 is 23.2 Å². The van der Waals surface area contributed by atoms with Gasteiger partial charge >= 0.3 is 0 Å². The Balaban J connectivity index is 1.64. The van der Waals surface area contributed by atoms with Gasteiger partial charge in [0.15, 0.2) is 5.11 Å². The molecule has 1 aromatic rings. The highest BCUT2D eigenvalue weighted by Gasteiger charge is 2.21. The molecule has 6 nitrogen and oxygen atoms in total. The number of rotatable bonds is 5. The molecule has 1 fully saturated rings. The zero-order valence-electron chi connectivity index (χ0n) is 11.2. The van der Waals surface area contributed by atoms with Crippen LogP contribution in [0.1, 0.15) is 29.0 Å². The number of thiocarbonyl (C=S) groups is 1. The van der Waals surface area contributed by atoms with Crippen molar-refractivity contribution < 1.29 is 4.79 Å². The van der Waals surface area contributed by atoms with Gasteiger partial charge in [0.1, 0.15) is 5.69 Å². The number of amides is 1. The monoisotopic (exact) mass is 281 g/mol. The summed E-state index contributed by atoms with van der Waals surface area (Å²) in [6, 6.07) is 2.31. The van der Waals surface area contributed by atoms with Crippen LogP contribution in [0.15, 0.2) is 6.07 Å². The molecular formula is C12H19N5OS. The van der Waals surface area contributed by atoms with E-state index >= 15 is 0 Å². The minimum Gasteiger partial charge on any atom is -0.361 e. The SMILES string of the molecule is Cc1cc(C(=O)NCCNC(=S)NC2CC2)nn1C. The Labute approximate surface area is 117 Å². The van der Waals surface area contributed by atoms with Gasteiger partial charge in [0, 0.05) is 31.9 Å². The Morgan fingerprint density at radius 1 is 1.47 bits per heavy atom. The van der Waals surface area contributed by atoms with Crippen LogP contribution in [0.5, 0.6) is 0 Å². The van der Waals surface area contributed by atoms with Crippen molar-refractivity contribution in [3.63, 3.8) is 0 Å². The average molecular weight is 281 g/mol. The second-order valence-electron chi connectivity index (χ2n) is 4.72.